The first kappa shape index (κ1) is 11.2. The van der Waals surface area contributed by atoms with E-state index in [-0.39, 0.29) is 5.91 Å². The zero-order chi connectivity index (χ0) is 12.5. The van der Waals surface area contributed by atoms with Gasteiger partial charge in [-0.3, -0.25) is 4.79 Å². The van der Waals surface area contributed by atoms with Crippen molar-refractivity contribution >= 4 is 16.9 Å². The SMILES string of the molecule is CC1CCC(NC(=O)c2ccc3n[nH]nc3c2)C1. The molecule has 2 N–H and O–H groups in total. The largest absolute Gasteiger partial charge is 0.349 e. The van der Waals surface area contributed by atoms with Crippen LogP contribution in [-0.4, -0.2) is 27.4 Å². The maximum atomic E-state index is 12.1. The number of carbonyl (C=O) groups excluding carboxylic acids is 1. The van der Waals surface area contributed by atoms with E-state index in [1.54, 1.807) is 12.1 Å². The number of carbonyl (C=O) groups is 1. The van der Waals surface area contributed by atoms with Crippen molar-refractivity contribution in [2.45, 2.75) is 32.2 Å². The second-order valence-corrected chi connectivity index (χ2v) is 5.12. The summed E-state index contributed by atoms with van der Waals surface area (Å²) < 4.78 is 0. The summed E-state index contributed by atoms with van der Waals surface area (Å²) in [6.45, 7) is 2.23. The molecule has 5 nitrogen and oxygen atoms in total. The zero-order valence-electron chi connectivity index (χ0n) is 10.3. The van der Waals surface area contributed by atoms with Gasteiger partial charge in [0.05, 0.1) is 0 Å². The molecule has 1 aromatic carbocycles. The average molecular weight is 244 g/mol. The fourth-order valence-corrected chi connectivity index (χ4v) is 2.59. The number of nitrogens with one attached hydrogen (secondary N) is 2. The summed E-state index contributed by atoms with van der Waals surface area (Å²) >= 11 is 0. The number of nitrogens with zero attached hydrogens (tertiary/aromatic N) is 2. The third-order valence-electron chi connectivity index (χ3n) is 3.61. The molecule has 18 heavy (non-hydrogen) atoms. The van der Waals surface area contributed by atoms with E-state index in [0.717, 1.165) is 23.9 Å². The quantitative estimate of drug-likeness (QED) is 0.847. The van der Waals surface area contributed by atoms with Gasteiger partial charge in [-0.1, -0.05) is 6.92 Å². The highest BCUT2D eigenvalue weighted by molar-refractivity contribution is 5.97. The smallest absolute Gasteiger partial charge is 0.251 e. The molecule has 3 rings (SSSR count). The molecule has 0 spiro atoms. The number of aromatic nitrogens is 3. The summed E-state index contributed by atoms with van der Waals surface area (Å²) in [6, 6.07) is 5.69. The number of hydrogen-bond acceptors (Lipinski definition) is 3. The first-order valence-corrected chi connectivity index (χ1v) is 6.34. The van der Waals surface area contributed by atoms with Gasteiger partial charge in [-0.25, -0.2) is 0 Å². The number of benzene rings is 1. The van der Waals surface area contributed by atoms with Crippen LogP contribution in [0.1, 0.15) is 36.5 Å². The fourth-order valence-electron chi connectivity index (χ4n) is 2.59. The number of aromatic amines is 1. The summed E-state index contributed by atoms with van der Waals surface area (Å²) in [5.41, 5.74) is 2.15. The molecule has 1 aromatic heterocycles. The van der Waals surface area contributed by atoms with E-state index in [1.807, 2.05) is 6.07 Å². The van der Waals surface area contributed by atoms with Crippen LogP contribution in [0.3, 0.4) is 0 Å². The molecule has 1 fully saturated rings. The minimum absolute atomic E-state index is 0.0148. The predicted octanol–water partition coefficient (Wildman–Crippen LogP) is 1.88. The van der Waals surface area contributed by atoms with Crippen LogP contribution in [-0.2, 0) is 0 Å². The molecule has 0 saturated heterocycles. The first-order valence-electron chi connectivity index (χ1n) is 6.34. The molecule has 2 aromatic rings. The predicted molar refractivity (Wildman–Crippen MR) is 68.2 cm³/mol. The normalized spacial score (nSPS) is 23.4. The Morgan fingerprint density at radius 1 is 1.33 bits per heavy atom. The highest BCUT2D eigenvalue weighted by Gasteiger charge is 2.23. The Balaban J connectivity index is 1.75. The molecule has 1 saturated carbocycles. The van der Waals surface area contributed by atoms with Gasteiger partial charge < -0.3 is 5.32 Å². The fraction of sp³-hybridized carbons (Fsp3) is 0.462. The number of amides is 1. The molecule has 0 radical (unpaired) electrons. The molecule has 1 aliphatic carbocycles. The Bertz CT molecular complexity index is 577. The number of hydrogen-bond donors (Lipinski definition) is 2. The lowest BCUT2D eigenvalue weighted by atomic mass is 10.1. The standard InChI is InChI=1S/C13H16N4O/c1-8-2-4-10(6-8)14-13(18)9-3-5-11-12(7-9)16-17-15-11/h3,5,7-8,10H,2,4,6H2,1H3,(H,14,18)(H,15,16,17). The van der Waals surface area contributed by atoms with Crippen LogP contribution in [0.2, 0.25) is 0 Å². The third kappa shape index (κ3) is 2.08. The van der Waals surface area contributed by atoms with Gasteiger partial charge >= 0.3 is 0 Å². The molecule has 2 atom stereocenters. The van der Waals surface area contributed by atoms with Gasteiger partial charge in [0.2, 0.25) is 0 Å². The monoisotopic (exact) mass is 244 g/mol. The van der Waals surface area contributed by atoms with Gasteiger partial charge in [0.1, 0.15) is 11.0 Å². The topological polar surface area (TPSA) is 70.7 Å². The second kappa shape index (κ2) is 4.40. The molecule has 1 amide bonds. The summed E-state index contributed by atoms with van der Waals surface area (Å²) in [7, 11) is 0. The van der Waals surface area contributed by atoms with Gasteiger partial charge in [-0.15, -0.1) is 0 Å². The first-order chi connectivity index (χ1) is 8.72. The van der Waals surface area contributed by atoms with E-state index in [1.165, 1.54) is 6.42 Å². The molecular formula is C13H16N4O. The summed E-state index contributed by atoms with van der Waals surface area (Å²) in [6.07, 6.45) is 3.37. The Morgan fingerprint density at radius 3 is 2.94 bits per heavy atom. The van der Waals surface area contributed by atoms with Crippen molar-refractivity contribution in [1.82, 2.24) is 20.7 Å². The van der Waals surface area contributed by atoms with Gasteiger partial charge in [0.15, 0.2) is 0 Å². The Hall–Kier alpha value is -1.91. The number of fused-ring (bicyclic) bond motifs is 1. The summed E-state index contributed by atoms with van der Waals surface area (Å²) in [5, 5.41) is 13.6. The van der Waals surface area contributed by atoms with Gasteiger partial charge in [-0.2, -0.15) is 15.4 Å². The van der Waals surface area contributed by atoms with Crippen LogP contribution in [0.25, 0.3) is 11.0 Å². The summed E-state index contributed by atoms with van der Waals surface area (Å²) in [5.74, 6) is 0.701. The van der Waals surface area contributed by atoms with Crippen LogP contribution in [0, 0.1) is 5.92 Å². The van der Waals surface area contributed by atoms with Gasteiger partial charge in [-0.05, 0) is 43.4 Å². The number of H-pyrrole nitrogens is 1. The molecule has 0 bridgehead atoms. The lowest BCUT2D eigenvalue weighted by Gasteiger charge is -2.12. The molecule has 94 valence electrons. The molecule has 2 unspecified atom stereocenters. The van der Waals surface area contributed by atoms with Crippen molar-refractivity contribution in [3.05, 3.63) is 23.8 Å². The highest BCUT2D eigenvalue weighted by atomic mass is 16.1. The van der Waals surface area contributed by atoms with Gasteiger partial charge in [0.25, 0.3) is 5.91 Å². The van der Waals surface area contributed by atoms with E-state index < -0.39 is 0 Å². The Morgan fingerprint density at radius 2 is 2.17 bits per heavy atom. The van der Waals surface area contributed by atoms with Gasteiger partial charge in [0, 0.05) is 11.6 Å². The molecule has 1 aliphatic rings. The second-order valence-electron chi connectivity index (χ2n) is 5.12. The highest BCUT2D eigenvalue weighted by Crippen LogP contribution is 2.24. The van der Waals surface area contributed by atoms with Crippen molar-refractivity contribution in [1.29, 1.82) is 0 Å². The Labute approximate surface area is 105 Å². The summed E-state index contributed by atoms with van der Waals surface area (Å²) in [4.78, 5) is 12.1. The van der Waals surface area contributed by atoms with E-state index in [9.17, 15) is 4.79 Å². The van der Waals surface area contributed by atoms with Crippen molar-refractivity contribution in [2.24, 2.45) is 5.92 Å². The maximum absolute atomic E-state index is 12.1. The Kier molecular flexibility index (Phi) is 2.74. The minimum atomic E-state index is -0.0148. The van der Waals surface area contributed by atoms with Crippen LogP contribution in [0.4, 0.5) is 0 Å². The van der Waals surface area contributed by atoms with Crippen molar-refractivity contribution in [3.63, 3.8) is 0 Å². The van der Waals surface area contributed by atoms with Crippen molar-refractivity contribution in [3.8, 4) is 0 Å². The average Bonchev–Trinajstić information content (AvgIpc) is 2.96. The molecule has 0 aliphatic heterocycles. The van der Waals surface area contributed by atoms with Crippen LogP contribution in [0.15, 0.2) is 18.2 Å². The lowest BCUT2D eigenvalue weighted by molar-refractivity contribution is 0.0937. The lowest BCUT2D eigenvalue weighted by Crippen LogP contribution is -2.32. The van der Waals surface area contributed by atoms with E-state index in [0.29, 0.717) is 17.5 Å². The van der Waals surface area contributed by atoms with Crippen LogP contribution >= 0.6 is 0 Å². The zero-order valence-corrected chi connectivity index (χ0v) is 10.3. The van der Waals surface area contributed by atoms with Crippen LogP contribution < -0.4 is 5.32 Å². The molecular weight excluding hydrogens is 228 g/mol. The van der Waals surface area contributed by atoms with E-state index in [2.05, 4.69) is 27.7 Å². The van der Waals surface area contributed by atoms with Crippen molar-refractivity contribution < 1.29 is 4.79 Å². The molecule has 1 heterocycles. The van der Waals surface area contributed by atoms with E-state index in [4.69, 9.17) is 0 Å². The minimum Gasteiger partial charge on any atom is -0.349 e. The van der Waals surface area contributed by atoms with E-state index >= 15 is 0 Å². The maximum Gasteiger partial charge on any atom is 0.251 e. The van der Waals surface area contributed by atoms with Crippen LogP contribution in [0.5, 0.6) is 0 Å². The molecule has 5 heteroatoms. The third-order valence-corrected chi connectivity index (χ3v) is 3.61. The van der Waals surface area contributed by atoms with Crippen molar-refractivity contribution in [2.75, 3.05) is 0 Å². The number of rotatable bonds is 2.